The number of nitrogens with one attached hydrogen (secondary N) is 1. The molecule has 0 unspecified atom stereocenters. The van der Waals surface area contributed by atoms with Gasteiger partial charge < -0.3 is 9.84 Å². The van der Waals surface area contributed by atoms with Gasteiger partial charge >= 0.3 is 0 Å². The molecule has 25 heavy (non-hydrogen) atoms. The van der Waals surface area contributed by atoms with Crippen LogP contribution in [0.4, 0.5) is 0 Å². The molecule has 0 aliphatic carbocycles. The number of aliphatic hydroxyl groups excluding tert-OH is 1. The van der Waals surface area contributed by atoms with Crippen molar-refractivity contribution in [3.8, 4) is 5.75 Å². The van der Waals surface area contributed by atoms with Crippen molar-refractivity contribution in [2.75, 3.05) is 7.11 Å². The number of benzene rings is 3. The van der Waals surface area contributed by atoms with Crippen LogP contribution in [0.3, 0.4) is 0 Å². The number of aliphatic hydroxyl groups is 1. The summed E-state index contributed by atoms with van der Waals surface area (Å²) in [6.07, 6.45) is 0.254. The number of methoxy groups -OCH3 is 1. The Labute approximate surface area is 145 Å². The molecule has 0 bridgehead atoms. The third-order valence-electron chi connectivity index (χ3n) is 3.88. The van der Waals surface area contributed by atoms with Gasteiger partial charge in [0.25, 0.3) is 5.91 Å². The summed E-state index contributed by atoms with van der Waals surface area (Å²) in [5, 5.41) is 16.0. The number of ether oxygens (including phenoxy) is 1. The number of hydrogen-bond donors (Lipinski definition) is 2. The maximum atomic E-state index is 12.0. The van der Waals surface area contributed by atoms with E-state index in [-0.39, 0.29) is 0 Å². The monoisotopic (exact) mass is 334 g/mol. The lowest BCUT2D eigenvalue weighted by Crippen LogP contribution is -2.25. The van der Waals surface area contributed by atoms with Crippen molar-refractivity contribution >= 4 is 22.9 Å². The molecule has 3 aromatic carbocycles. The highest BCUT2D eigenvalue weighted by Gasteiger charge is 2.16. The van der Waals surface area contributed by atoms with Crippen LogP contribution in [0.1, 0.15) is 17.2 Å². The zero-order valence-corrected chi connectivity index (χ0v) is 13.7. The SMILES string of the molecule is COc1ccc2ccccc2c1/C=N\NC(=O)[C@H](O)c1ccccc1. The maximum absolute atomic E-state index is 12.0. The molecule has 0 aromatic heterocycles. The first-order chi connectivity index (χ1) is 12.2. The maximum Gasteiger partial charge on any atom is 0.273 e. The first-order valence-electron chi connectivity index (χ1n) is 7.82. The van der Waals surface area contributed by atoms with Crippen LogP contribution >= 0.6 is 0 Å². The van der Waals surface area contributed by atoms with Gasteiger partial charge in [-0.3, -0.25) is 4.79 Å². The number of fused-ring (bicyclic) bond motifs is 1. The summed E-state index contributed by atoms with van der Waals surface area (Å²) in [4.78, 5) is 12.0. The van der Waals surface area contributed by atoms with E-state index in [1.165, 1.54) is 6.21 Å². The lowest BCUT2D eigenvalue weighted by Gasteiger charge is -2.10. The van der Waals surface area contributed by atoms with E-state index in [1.54, 1.807) is 31.4 Å². The lowest BCUT2D eigenvalue weighted by atomic mass is 10.0. The van der Waals surface area contributed by atoms with Crippen LogP contribution in [0.25, 0.3) is 10.8 Å². The third kappa shape index (κ3) is 3.67. The van der Waals surface area contributed by atoms with Gasteiger partial charge in [-0.05, 0) is 22.4 Å². The van der Waals surface area contributed by atoms with Gasteiger partial charge in [-0.2, -0.15) is 5.10 Å². The Morgan fingerprint density at radius 2 is 1.80 bits per heavy atom. The van der Waals surface area contributed by atoms with E-state index in [2.05, 4.69) is 10.5 Å². The van der Waals surface area contributed by atoms with Crippen LogP contribution in [0, 0.1) is 0 Å². The zero-order chi connectivity index (χ0) is 17.6. The van der Waals surface area contributed by atoms with Gasteiger partial charge in [0.1, 0.15) is 5.75 Å². The van der Waals surface area contributed by atoms with Gasteiger partial charge in [0.05, 0.1) is 13.3 Å². The number of hydrogen-bond acceptors (Lipinski definition) is 4. The summed E-state index contributed by atoms with van der Waals surface area (Å²) in [7, 11) is 1.58. The highest BCUT2D eigenvalue weighted by molar-refractivity contribution is 6.02. The molecule has 0 aliphatic heterocycles. The fourth-order valence-electron chi connectivity index (χ4n) is 2.60. The quantitative estimate of drug-likeness (QED) is 0.556. The van der Waals surface area contributed by atoms with Gasteiger partial charge in [-0.1, -0.05) is 60.7 Å². The number of nitrogens with zero attached hydrogens (tertiary/aromatic N) is 1. The summed E-state index contributed by atoms with van der Waals surface area (Å²) in [5.74, 6) is 0.0574. The standard InChI is InChI=1S/C20H18N2O3/c1-25-18-12-11-14-7-5-6-10-16(14)17(18)13-21-22-20(24)19(23)15-8-3-2-4-9-15/h2-13,19,23H,1H3,(H,22,24)/b21-13-/t19-/m1/s1. The molecule has 0 saturated heterocycles. The van der Waals surface area contributed by atoms with E-state index < -0.39 is 12.0 Å². The molecule has 3 aromatic rings. The van der Waals surface area contributed by atoms with E-state index in [9.17, 15) is 9.90 Å². The van der Waals surface area contributed by atoms with Gasteiger partial charge in [0.15, 0.2) is 6.10 Å². The van der Waals surface area contributed by atoms with Crippen molar-refractivity contribution in [2.24, 2.45) is 5.10 Å². The molecule has 0 radical (unpaired) electrons. The average Bonchev–Trinajstić information content (AvgIpc) is 2.68. The summed E-state index contributed by atoms with van der Waals surface area (Å²) >= 11 is 0. The van der Waals surface area contributed by atoms with Crippen molar-refractivity contribution in [3.05, 3.63) is 77.9 Å². The molecule has 1 atom stereocenters. The molecular formula is C20H18N2O3. The van der Waals surface area contributed by atoms with E-state index in [0.29, 0.717) is 11.3 Å². The van der Waals surface area contributed by atoms with Crippen LogP contribution in [-0.2, 0) is 4.79 Å². The van der Waals surface area contributed by atoms with E-state index in [4.69, 9.17) is 4.74 Å². The predicted octanol–water partition coefficient (Wildman–Crippen LogP) is 3.03. The summed E-state index contributed by atoms with van der Waals surface area (Å²) < 4.78 is 5.37. The number of hydrazone groups is 1. The van der Waals surface area contributed by atoms with Crippen molar-refractivity contribution in [3.63, 3.8) is 0 Å². The number of carbonyl (C=O) groups excluding carboxylic acids is 1. The number of rotatable bonds is 5. The van der Waals surface area contributed by atoms with E-state index >= 15 is 0 Å². The molecule has 0 spiro atoms. The van der Waals surface area contributed by atoms with Crippen molar-refractivity contribution in [1.29, 1.82) is 0 Å². The van der Waals surface area contributed by atoms with Gasteiger partial charge in [-0.15, -0.1) is 0 Å². The molecule has 3 rings (SSSR count). The Balaban J connectivity index is 1.80. The normalized spacial score (nSPS) is 12.2. The minimum atomic E-state index is -1.27. The molecule has 0 fully saturated rings. The second-order valence-electron chi connectivity index (χ2n) is 5.45. The Morgan fingerprint density at radius 3 is 2.56 bits per heavy atom. The average molecular weight is 334 g/mol. The van der Waals surface area contributed by atoms with Crippen LogP contribution in [0.2, 0.25) is 0 Å². The topological polar surface area (TPSA) is 70.9 Å². The molecule has 0 saturated carbocycles. The minimum Gasteiger partial charge on any atom is -0.496 e. The van der Waals surface area contributed by atoms with Gasteiger partial charge in [0, 0.05) is 5.56 Å². The number of carbonyl (C=O) groups is 1. The van der Waals surface area contributed by atoms with Gasteiger partial charge in [-0.25, -0.2) is 5.43 Å². The molecule has 0 aliphatic rings. The lowest BCUT2D eigenvalue weighted by molar-refractivity contribution is -0.129. The molecule has 0 heterocycles. The minimum absolute atomic E-state index is 0.512. The molecule has 5 heteroatoms. The van der Waals surface area contributed by atoms with Crippen molar-refractivity contribution in [2.45, 2.75) is 6.10 Å². The van der Waals surface area contributed by atoms with E-state index in [0.717, 1.165) is 16.3 Å². The molecule has 5 nitrogen and oxygen atoms in total. The Hall–Kier alpha value is -3.18. The zero-order valence-electron chi connectivity index (χ0n) is 13.7. The highest BCUT2D eigenvalue weighted by atomic mass is 16.5. The smallest absolute Gasteiger partial charge is 0.273 e. The second-order valence-corrected chi connectivity index (χ2v) is 5.45. The van der Waals surface area contributed by atoms with Crippen molar-refractivity contribution < 1.29 is 14.6 Å². The van der Waals surface area contributed by atoms with Gasteiger partial charge in [0.2, 0.25) is 0 Å². The largest absolute Gasteiger partial charge is 0.496 e. The molecule has 126 valence electrons. The summed E-state index contributed by atoms with van der Waals surface area (Å²) in [6.45, 7) is 0. The first kappa shape index (κ1) is 16.7. The highest BCUT2D eigenvalue weighted by Crippen LogP contribution is 2.26. The fourth-order valence-corrected chi connectivity index (χ4v) is 2.60. The van der Waals surface area contributed by atoms with Crippen molar-refractivity contribution in [1.82, 2.24) is 5.43 Å². The summed E-state index contributed by atoms with van der Waals surface area (Å²) in [5.41, 5.74) is 3.64. The fraction of sp³-hybridized carbons (Fsp3) is 0.100. The molecular weight excluding hydrogens is 316 g/mol. The molecule has 1 amide bonds. The second kappa shape index (κ2) is 7.59. The third-order valence-corrected chi connectivity index (χ3v) is 3.88. The Bertz CT molecular complexity index is 907. The summed E-state index contributed by atoms with van der Waals surface area (Å²) in [6, 6.07) is 20.3. The Morgan fingerprint density at radius 1 is 1.08 bits per heavy atom. The molecule has 2 N–H and O–H groups in total. The van der Waals surface area contributed by atoms with Crippen LogP contribution in [-0.4, -0.2) is 24.3 Å². The first-order valence-corrected chi connectivity index (χ1v) is 7.82. The predicted molar refractivity (Wildman–Crippen MR) is 97.6 cm³/mol. The van der Waals surface area contributed by atoms with Crippen LogP contribution in [0.5, 0.6) is 5.75 Å². The number of amides is 1. The van der Waals surface area contributed by atoms with E-state index in [1.807, 2.05) is 42.5 Å². The van der Waals surface area contributed by atoms with Crippen LogP contribution < -0.4 is 10.2 Å². The Kier molecular flexibility index (Phi) is 5.06. The van der Waals surface area contributed by atoms with Crippen LogP contribution in [0.15, 0.2) is 71.8 Å².